The van der Waals surface area contributed by atoms with Gasteiger partial charge >= 0.3 is 11.9 Å². The molecule has 2 heterocycles. The topological polar surface area (TPSA) is 115 Å². The zero-order valence-electron chi connectivity index (χ0n) is 26.7. The van der Waals surface area contributed by atoms with E-state index >= 15 is 0 Å². The first-order chi connectivity index (χ1) is 23.5. The highest BCUT2D eigenvalue weighted by molar-refractivity contribution is 5.91. The Kier molecular flexibility index (Phi) is 11.1. The number of unbranched alkanes of at least 4 members (excludes halogenated alkanes) is 1. The highest BCUT2D eigenvalue weighted by Gasteiger charge is 2.24. The van der Waals surface area contributed by atoms with Crippen molar-refractivity contribution in [3.8, 4) is 34.5 Å². The number of hydrogen-bond acceptors (Lipinski definition) is 10. The van der Waals surface area contributed by atoms with Crippen molar-refractivity contribution < 1.29 is 47.5 Å². The summed E-state index contributed by atoms with van der Waals surface area (Å²) in [7, 11) is 0. The molecule has 0 amide bonds. The number of rotatable bonds is 18. The zero-order chi connectivity index (χ0) is 33.1. The minimum atomic E-state index is -0.445. The predicted octanol–water partition coefficient (Wildman–Crippen LogP) is 6.70. The summed E-state index contributed by atoms with van der Waals surface area (Å²) in [5.74, 6) is 2.75. The summed E-state index contributed by atoms with van der Waals surface area (Å²) in [4.78, 5) is 25.0. The lowest BCUT2D eigenvalue weighted by Crippen LogP contribution is -2.12. The Balaban J connectivity index is 0.838. The smallest absolute Gasteiger partial charge is 0.343 e. The van der Waals surface area contributed by atoms with Crippen LogP contribution in [0.15, 0.2) is 97.1 Å². The van der Waals surface area contributed by atoms with Crippen molar-refractivity contribution in [3.05, 3.63) is 108 Å². The van der Waals surface area contributed by atoms with Gasteiger partial charge in [-0.05, 0) is 123 Å². The van der Waals surface area contributed by atoms with E-state index in [0.717, 1.165) is 32.5 Å². The number of hydrogen-bond donors (Lipinski definition) is 0. The molecule has 0 bridgehead atoms. The Hall–Kier alpha value is -5.06. The van der Waals surface area contributed by atoms with Crippen LogP contribution in [-0.2, 0) is 9.47 Å². The number of carbonyl (C=O) groups excluding carboxylic acids is 2. The SMILES string of the molecule is CC(CCCCOc1ccc(OC(=O)c2ccc(OCC3CO3)cc2)cc1)Oc1ccc(OC(=O)c2ccc(OCC3CO3)cc2)cc1. The molecule has 0 radical (unpaired) electrons. The standard InChI is InChI=1S/C38H38O10/c1-26(46-32-17-19-34(20-18-32)48-38(40)28-7-11-31(12-8-28)43-23-36-25-45-36)4-2-3-21-41-29-13-15-33(16-14-29)47-37(39)27-5-9-30(10-6-27)42-22-35-24-44-35/h5-20,26,35-36H,2-4,21-25H2,1H3. The summed E-state index contributed by atoms with van der Waals surface area (Å²) >= 11 is 0. The monoisotopic (exact) mass is 654 g/mol. The highest BCUT2D eigenvalue weighted by Crippen LogP contribution is 2.23. The van der Waals surface area contributed by atoms with Crippen LogP contribution in [0.2, 0.25) is 0 Å². The summed E-state index contributed by atoms with van der Waals surface area (Å²) in [6, 6.07) is 27.7. The second-order valence-electron chi connectivity index (χ2n) is 11.6. The van der Waals surface area contributed by atoms with Gasteiger partial charge in [0.25, 0.3) is 0 Å². The van der Waals surface area contributed by atoms with Crippen LogP contribution in [0.1, 0.15) is 46.9 Å². The third-order valence-corrected chi connectivity index (χ3v) is 7.54. The maximum absolute atomic E-state index is 12.5. The lowest BCUT2D eigenvalue weighted by atomic mass is 10.2. The molecule has 4 aromatic rings. The molecule has 10 heteroatoms. The van der Waals surface area contributed by atoms with Gasteiger partial charge in [0.15, 0.2) is 0 Å². The number of epoxide rings is 2. The second-order valence-corrected chi connectivity index (χ2v) is 11.6. The molecule has 0 aromatic heterocycles. The Morgan fingerprint density at radius 1 is 0.583 bits per heavy atom. The van der Waals surface area contributed by atoms with Crippen LogP contribution >= 0.6 is 0 Å². The van der Waals surface area contributed by atoms with Crippen molar-refractivity contribution in [2.75, 3.05) is 33.0 Å². The van der Waals surface area contributed by atoms with Crippen LogP contribution in [0.5, 0.6) is 34.5 Å². The lowest BCUT2D eigenvalue weighted by Gasteiger charge is -2.15. The Bertz CT molecular complexity index is 1610. The van der Waals surface area contributed by atoms with Crippen molar-refractivity contribution >= 4 is 11.9 Å². The average molecular weight is 655 g/mol. The van der Waals surface area contributed by atoms with Gasteiger partial charge in [0.1, 0.15) is 59.9 Å². The summed E-state index contributed by atoms with van der Waals surface area (Å²) in [6.07, 6.45) is 2.98. The third kappa shape index (κ3) is 10.5. The van der Waals surface area contributed by atoms with Crippen molar-refractivity contribution in [1.82, 2.24) is 0 Å². The minimum absolute atomic E-state index is 0.000600. The molecular formula is C38H38O10. The fourth-order valence-electron chi connectivity index (χ4n) is 4.62. The molecule has 0 saturated carbocycles. The van der Waals surface area contributed by atoms with E-state index in [1.807, 2.05) is 6.92 Å². The quantitative estimate of drug-likeness (QED) is 0.0497. The van der Waals surface area contributed by atoms with E-state index in [0.29, 0.717) is 65.4 Å². The van der Waals surface area contributed by atoms with E-state index in [4.69, 9.17) is 37.9 Å². The van der Waals surface area contributed by atoms with Gasteiger partial charge in [-0.2, -0.15) is 0 Å². The molecule has 48 heavy (non-hydrogen) atoms. The molecule has 6 rings (SSSR count). The molecule has 0 spiro atoms. The van der Waals surface area contributed by atoms with Crippen LogP contribution < -0.4 is 28.4 Å². The van der Waals surface area contributed by atoms with Crippen LogP contribution in [0.4, 0.5) is 0 Å². The molecule has 3 atom stereocenters. The third-order valence-electron chi connectivity index (χ3n) is 7.54. The zero-order valence-corrected chi connectivity index (χ0v) is 26.7. The fraction of sp³-hybridized carbons (Fsp3) is 0.316. The van der Waals surface area contributed by atoms with E-state index in [1.54, 1.807) is 97.1 Å². The molecule has 0 N–H and O–H groups in total. The number of carbonyl (C=O) groups is 2. The van der Waals surface area contributed by atoms with Gasteiger partial charge in [0.2, 0.25) is 0 Å². The fourth-order valence-corrected chi connectivity index (χ4v) is 4.62. The van der Waals surface area contributed by atoms with Gasteiger partial charge in [-0.3, -0.25) is 0 Å². The Labute approximate surface area is 279 Å². The molecule has 2 aliphatic heterocycles. The van der Waals surface area contributed by atoms with Crippen molar-refractivity contribution in [3.63, 3.8) is 0 Å². The molecule has 2 aliphatic rings. The maximum Gasteiger partial charge on any atom is 0.343 e. The van der Waals surface area contributed by atoms with Crippen molar-refractivity contribution in [2.24, 2.45) is 0 Å². The highest BCUT2D eigenvalue weighted by atomic mass is 16.6. The Morgan fingerprint density at radius 2 is 0.979 bits per heavy atom. The van der Waals surface area contributed by atoms with Gasteiger partial charge in [0.05, 0.1) is 37.1 Å². The first kappa shape index (κ1) is 32.9. The average Bonchev–Trinajstić information content (AvgIpc) is 4.05. The van der Waals surface area contributed by atoms with Crippen LogP contribution in [0.25, 0.3) is 0 Å². The van der Waals surface area contributed by atoms with E-state index in [1.165, 1.54) is 0 Å². The van der Waals surface area contributed by atoms with Crippen LogP contribution in [0, 0.1) is 0 Å². The van der Waals surface area contributed by atoms with Gasteiger partial charge < -0.3 is 37.9 Å². The van der Waals surface area contributed by atoms with E-state index in [-0.39, 0.29) is 18.3 Å². The van der Waals surface area contributed by atoms with E-state index < -0.39 is 11.9 Å². The van der Waals surface area contributed by atoms with Crippen molar-refractivity contribution in [1.29, 1.82) is 0 Å². The van der Waals surface area contributed by atoms with Crippen LogP contribution in [0.3, 0.4) is 0 Å². The van der Waals surface area contributed by atoms with Gasteiger partial charge in [-0.15, -0.1) is 0 Å². The lowest BCUT2D eigenvalue weighted by molar-refractivity contribution is 0.0725. The largest absolute Gasteiger partial charge is 0.494 e. The molecule has 2 saturated heterocycles. The first-order valence-corrected chi connectivity index (χ1v) is 16.1. The Morgan fingerprint density at radius 3 is 1.44 bits per heavy atom. The molecule has 3 unspecified atom stereocenters. The molecule has 2 fully saturated rings. The molecule has 250 valence electrons. The predicted molar refractivity (Wildman–Crippen MR) is 176 cm³/mol. The normalized spacial score (nSPS) is 16.7. The number of ether oxygens (including phenoxy) is 8. The molecule has 10 nitrogen and oxygen atoms in total. The molecule has 4 aromatic carbocycles. The first-order valence-electron chi connectivity index (χ1n) is 16.1. The van der Waals surface area contributed by atoms with E-state index in [9.17, 15) is 9.59 Å². The van der Waals surface area contributed by atoms with Crippen LogP contribution in [-0.4, -0.2) is 63.3 Å². The number of benzene rings is 4. The van der Waals surface area contributed by atoms with E-state index in [2.05, 4.69) is 0 Å². The molecular weight excluding hydrogens is 616 g/mol. The summed E-state index contributed by atoms with van der Waals surface area (Å²) < 4.78 is 44.3. The molecule has 0 aliphatic carbocycles. The summed E-state index contributed by atoms with van der Waals surface area (Å²) in [6.45, 7) is 5.06. The summed E-state index contributed by atoms with van der Waals surface area (Å²) in [5.41, 5.74) is 0.871. The number of esters is 2. The van der Waals surface area contributed by atoms with Crippen molar-refractivity contribution in [2.45, 2.75) is 44.5 Å². The minimum Gasteiger partial charge on any atom is -0.494 e. The second kappa shape index (κ2) is 16.2. The maximum atomic E-state index is 12.5. The summed E-state index contributed by atoms with van der Waals surface area (Å²) in [5, 5.41) is 0. The van der Waals surface area contributed by atoms with Gasteiger partial charge in [-0.1, -0.05) is 0 Å². The van der Waals surface area contributed by atoms with Gasteiger partial charge in [0, 0.05) is 0 Å². The van der Waals surface area contributed by atoms with Gasteiger partial charge in [-0.25, -0.2) is 9.59 Å².